The first-order valence-corrected chi connectivity index (χ1v) is 7.97. The second kappa shape index (κ2) is 8.72. The highest BCUT2D eigenvalue weighted by molar-refractivity contribution is 5.88. The number of carbonyl (C=O) groups excluding carboxylic acids is 2. The zero-order chi connectivity index (χ0) is 18.2. The topological polar surface area (TPSA) is 102 Å². The van der Waals surface area contributed by atoms with Gasteiger partial charge in [-0.1, -0.05) is 17.7 Å². The molecule has 0 atom stereocenters. The molecule has 0 saturated carbocycles. The number of aromatic nitrogens is 2. The SMILES string of the molecule is Cc1ccc(OCCN(C)C(=O)Nc2ccn(CCC(N)=O)n2)cc1. The van der Waals surface area contributed by atoms with Crippen LogP contribution in [-0.4, -0.2) is 46.8 Å². The Balaban J connectivity index is 1.74. The first kappa shape index (κ1) is 18.3. The van der Waals surface area contributed by atoms with Crippen molar-refractivity contribution in [1.82, 2.24) is 14.7 Å². The number of amides is 3. The summed E-state index contributed by atoms with van der Waals surface area (Å²) in [7, 11) is 1.68. The number of nitrogens with zero attached hydrogens (tertiary/aromatic N) is 3. The number of primary amides is 1. The van der Waals surface area contributed by atoms with Crippen molar-refractivity contribution in [3.05, 3.63) is 42.1 Å². The van der Waals surface area contributed by atoms with Crippen LogP contribution in [0.15, 0.2) is 36.5 Å². The third-order valence-electron chi connectivity index (χ3n) is 3.53. The monoisotopic (exact) mass is 345 g/mol. The third kappa shape index (κ3) is 6.17. The van der Waals surface area contributed by atoms with Crippen LogP contribution in [0.25, 0.3) is 0 Å². The summed E-state index contributed by atoms with van der Waals surface area (Å²) in [6.07, 6.45) is 1.88. The fourth-order valence-corrected chi connectivity index (χ4v) is 2.02. The average molecular weight is 345 g/mol. The van der Waals surface area contributed by atoms with Gasteiger partial charge in [0.25, 0.3) is 0 Å². The average Bonchev–Trinajstić information content (AvgIpc) is 3.02. The van der Waals surface area contributed by atoms with E-state index in [0.717, 1.165) is 5.75 Å². The minimum atomic E-state index is -0.394. The molecule has 2 rings (SSSR count). The van der Waals surface area contributed by atoms with Gasteiger partial charge in [-0.2, -0.15) is 5.10 Å². The second-order valence-corrected chi connectivity index (χ2v) is 5.69. The zero-order valence-corrected chi connectivity index (χ0v) is 14.4. The van der Waals surface area contributed by atoms with Gasteiger partial charge in [0.1, 0.15) is 12.4 Å². The number of ether oxygens (including phenoxy) is 1. The quantitative estimate of drug-likeness (QED) is 0.758. The molecule has 25 heavy (non-hydrogen) atoms. The lowest BCUT2D eigenvalue weighted by Gasteiger charge is -2.17. The molecule has 0 radical (unpaired) electrons. The van der Waals surface area contributed by atoms with Crippen molar-refractivity contribution in [2.24, 2.45) is 5.73 Å². The Morgan fingerprint density at radius 3 is 2.68 bits per heavy atom. The van der Waals surface area contributed by atoms with Gasteiger partial charge in [-0.25, -0.2) is 4.79 Å². The van der Waals surface area contributed by atoms with Gasteiger partial charge in [-0.15, -0.1) is 0 Å². The molecule has 1 aromatic carbocycles. The van der Waals surface area contributed by atoms with E-state index in [1.54, 1.807) is 24.0 Å². The van der Waals surface area contributed by atoms with Crippen molar-refractivity contribution in [2.75, 3.05) is 25.5 Å². The van der Waals surface area contributed by atoms with Gasteiger partial charge >= 0.3 is 6.03 Å². The normalized spacial score (nSPS) is 10.3. The molecule has 0 aliphatic carbocycles. The summed E-state index contributed by atoms with van der Waals surface area (Å²) >= 11 is 0. The molecule has 8 nitrogen and oxygen atoms in total. The number of aryl methyl sites for hydroxylation is 2. The fourth-order valence-electron chi connectivity index (χ4n) is 2.02. The summed E-state index contributed by atoms with van der Waals surface area (Å²) in [4.78, 5) is 24.4. The van der Waals surface area contributed by atoms with Crippen LogP contribution >= 0.6 is 0 Å². The summed E-state index contributed by atoms with van der Waals surface area (Å²) in [6, 6.07) is 9.12. The van der Waals surface area contributed by atoms with Gasteiger partial charge in [0.2, 0.25) is 5.91 Å². The lowest BCUT2D eigenvalue weighted by atomic mass is 10.2. The first-order valence-electron chi connectivity index (χ1n) is 7.97. The van der Waals surface area contributed by atoms with Crippen molar-refractivity contribution in [2.45, 2.75) is 19.9 Å². The Labute approximate surface area is 146 Å². The van der Waals surface area contributed by atoms with E-state index in [1.807, 2.05) is 31.2 Å². The molecule has 8 heteroatoms. The van der Waals surface area contributed by atoms with Gasteiger partial charge < -0.3 is 15.4 Å². The van der Waals surface area contributed by atoms with Crippen LogP contribution in [0, 0.1) is 6.92 Å². The molecule has 0 aliphatic rings. The highest BCUT2D eigenvalue weighted by Crippen LogP contribution is 2.11. The van der Waals surface area contributed by atoms with Crippen LogP contribution in [0.2, 0.25) is 0 Å². The largest absolute Gasteiger partial charge is 0.492 e. The summed E-state index contributed by atoms with van der Waals surface area (Å²) in [5, 5.41) is 6.85. The summed E-state index contributed by atoms with van der Waals surface area (Å²) in [6.45, 7) is 3.21. The van der Waals surface area contributed by atoms with E-state index in [2.05, 4.69) is 10.4 Å². The van der Waals surface area contributed by atoms with E-state index in [0.29, 0.717) is 25.5 Å². The van der Waals surface area contributed by atoms with Crippen molar-refractivity contribution in [1.29, 1.82) is 0 Å². The molecule has 0 aliphatic heterocycles. The van der Waals surface area contributed by atoms with Crippen molar-refractivity contribution in [3.63, 3.8) is 0 Å². The number of benzene rings is 1. The maximum atomic E-state index is 12.1. The smallest absolute Gasteiger partial charge is 0.322 e. The molecule has 1 heterocycles. The standard InChI is InChI=1S/C17H23N5O3/c1-13-3-5-14(6-4-13)25-12-11-21(2)17(24)19-16-8-10-22(20-16)9-7-15(18)23/h3-6,8,10H,7,9,11-12H2,1-2H3,(H2,18,23)(H,19,20,24). The van der Waals surface area contributed by atoms with E-state index in [9.17, 15) is 9.59 Å². The second-order valence-electron chi connectivity index (χ2n) is 5.69. The van der Waals surface area contributed by atoms with Gasteiger partial charge in [-0.05, 0) is 19.1 Å². The fraction of sp³-hybridized carbons (Fsp3) is 0.353. The number of rotatable bonds is 8. The predicted octanol–water partition coefficient (Wildman–Crippen LogP) is 1.61. The van der Waals surface area contributed by atoms with E-state index >= 15 is 0 Å². The molecule has 0 fully saturated rings. The molecule has 2 aromatic rings. The maximum absolute atomic E-state index is 12.1. The van der Waals surface area contributed by atoms with Crippen molar-refractivity contribution in [3.8, 4) is 5.75 Å². The van der Waals surface area contributed by atoms with E-state index in [1.165, 1.54) is 10.5 Å². The van der Waals surface area contributed by atoms with Crippen molar-refractivity contribution < 1.29 is 14.3 Å². The minimum absolute atomic E-state index is 0.200. The first-order chi connectivity index (χ1) is 11.9. The molecule has 0 bridgehead atoms. The van der Waals surface area contributed by atoms with Crippen LogP contribution in [0.1, 0.15) is 12.0 Å². The molecule has 3 N–H and O–H groups in total. The minimum Gasteiger partial charge on any atom is -0.492 e. The highest BCUT2D eigenvalue weighted by atomic mass is 16.5. The number of hydrogen-bond acceptors (Lipinski definition) is 4. The molecule has 0 spiro atoms. The Morgan fingerprint density at radius 1 is 1.28 bits per heavy atom. The third-order valence-corrected chi connectivity index (χ3v) is 3.53. The van der Waals surface area contributed by atoms with Gasteiger partial charge in [0, 0.05) is 32.3 Å². The number of nitrogens with two attached hydrogens (primary N) is 1. The zero-order valence-electron chi connectivity index (χ0n) is 14.4. The molecule has 3 amide bonds. The lowest BCUT2D eigenvalue weighted by Crippen LogP contribution is -2.34. The number of hydrogen-bond donors (Lipinski definition) is 2. The van der Waals surface area contributed by atoms with Crippen molar-refractivity contribution >= 4 is 17.8 Å². The predicted molar refractivity (Wildman–Crippen MR) is 94.4 cm³/mol. The Kier molecular flexibility index (Phi) is 6.39. The van der Waals surface area contributed by atoms with Crippen LogP contribution in [-0.2, 0) is 11.3 Å². The molecule has 0 saturated heterocycles. The molecule has 1 aromatic heterocycles. The lowest BCUT2D eigenvalue weighted by molar-refractivity contribution is -0.118. The van der Waals surface area contributed by atoms with Gasteiger partial charge in [-0.3, -0.25) is 14.8 Å². The summed E-state index contributed by atoms with van der Waals surface area (Å²) in [5.41, 5.74) is 6.26. The molecular formula is C17H23N5O3. The van der Waals surface area contributed by atoms with E-state index in [4.69, 9.17) is 10.5 Å². The van der Waals surface area contributed by atoms with Crippen LogP contribution in [0.3, 0.4) is 0 Å². The maximum Gasteiger partial charge on any atom is 0.322 e. The Morgan fingerprint density at radius 2 is 2.00 bits per heavy atom. The number of likely N-dealkylation sites (N-methyl/N-ethyl adjacent to an activating group) is 1. The highest BCUT2D eigenvalue weighted by Gasteiger charge is 2.10. The van der Waals surface area contributed by atoms with Gasteiger partial charge in [0.05, 0.1) is 6.54 Å². The van der Waals surface area contributed by atoms with E-state index < -0.39 is 5.91 Å². The van der Waals surface area contributed by atoms with Crippen LogP contribution in [0.4, 0.5) is 10.6 Å². The van der Waals surface area contributed by atoms with Crippen LogP contribution in [0.5, 0.6) is 5.75 Å². The summed E-state index contributed by atoms with van der Waals surface area (Å²) < 4.78 is 7.16. The number of carbonyl (C=O) groups is 2. The molecular weight excluding hydrogens is 322 g/mol. The Hall–Kier alpha value is -3.03. The molecule has 0 unspecified atom stereocenters. The number of urea groups is 1. The van der Waals surface area contributed by atoms with Gasteiger partial charge in [0.15, 0.2) is 5.82 Å². The Bertz CT molecular complexity index is 711. The molecule has 134 valence electrons. The van der Waals surface area contributed by atoms with E-state index in [-0.39, 0.29) is 12.5 Å². The number of anilines is 1. The number of nitrogens with one attached hydrogen (secondary N) is 1. The summed E-state index contributed by atoms with van der Waals surface area (Å²) in [5.74, 6) is 0.794. The van der Waals surface area contributed by atoms with Crippen LogP contribution < -0.4 is 15.8 Å².